The van der Waals surface area contributed by atoms with Crippen LogP contribution in [0.4, 0.5) is 30.7 Å². The Hall–Kier alpha value is -4.75. The summed E-state index contributed by atoms with van der Waals surface area (Å²) in [5.74, 6) is -4.55. The number of aromatic nitrogens is 3. The molecule has 1 aliphatic carbocycles. The molecule has 14 heteroatoms. The van der Waals surface area contributed by atoms with Gasteiger partial charge in [-0.3, -0.25) is 19.3 Å². The van der Waals surface area contributed by atoms with Gasteiger partial charge in [-0.15, -0.1) is 0 Å². The van der Waals surface area contributed by atoms with E-state index in [0.717, 1.165) is 29.8 Å². The average molecular weight is 620 g/mol. The molecule has 3 N–H and O–H groups in total. The zero-order chi connectivity index (χ0) is 32.0. The number of alkyl halides is 4. The number of nitrogens with two attached hydrogens (primary N) is 1. The Kier molecular flexibility index (Phi) is 7.95. The average Bonchev–Trinajstić information content (AvgIpc) is 3.40. The topological polar surface area (TPSA) is 103 Å². The van der Waals surface area contributed by atoms with Gasteiger partial charge in [-0.1, -0.05) is 12.1 Å². The zero-order valence-corrected chi connectivity index (χ0v) is 23.0. The van der Waals surface area contributed by atoms with Crippen LogP contribution in [-0.4, -0.2) is 32.2 Å². The van der Waals surface area contributed by atoms with Crippen molar-refractivity contribution >= 4 is 11.8 Å². The van der Waals surface area contributed by atoms with Crippen LogP contribution in [0.5, 0.6) is 0 Å². The number of benzene rings is 2. The molecule has 2 aromatic carbocycles. The minimum absolute atomic E-state index is 0.0648. The molecule has 44 heavy (non-hydrogen) atoms. The van der Waals surface area contributed by atoms with Crippen LogP contribution < -0.4 is 11.1 Å². The SMILES string of the molecule is CC1(F)Cc2c(C(F)(F)F)nn(CC(=O)NC(Cc3cc(F)cc(F)c3)c3ncccc3-c3ccc(F)c(C(N)=O)c3)c2C1. The van der Waals surface area contributed by atoms with E-state index in [1.54, 1.807) is 6.07 Å². The van der Waals surface area contributed by atoms with E-state index in [1.807, 2.05) is 0 Å². The molecule has 0 saturated heterocycles. The third-order valence-electron chi connectivity index (χ3n) is 7.22. The fraction of sp³-hybridized carbons (Fsp3) is 0.267. The second-order valence-electron chi connectivity index (χ2n) is 10.8. The van der Waals surface area contributed by atoms with Gasteiger partial charge >= 0.3 is 6.18 Å². The fourth-order valence-electron chi connectivity index (χ4n) is 5.43. The first-order valence-electron chi connectivity index (χ1n) is 13.2. The molecule has 0 bridgehead atoms. The second-order valence-corrected chi connectivity index (χ2v) is 10.8. The summed E-state index contributed by atoms with van der Waals surface area (Å²) in [5, 5.41) is 6.21. The molecule has 7 nitrogen and oxygen atoms in total. The Morgan fingerprint density at radius 3 is 2.43 bits per heavy atom. The highest BCUT2D eigenvalue weighted by Crippen LogP contribution is 2.41. The van der Waals surface area contributed by atoms with Crippen molar-refractivity contribution in [2.45, 2.75) is 50.6 Å². The zero-order valence-electron chi connectivity index (χ0n) is 23.0. The Bertz CT molecular complexity index is 1750. The first-order chi connectivity index (χ1) is 20.6. The highest BCUT2D eigenvalue weighted by atomic mass is 19.4. The standard InChI is InChI=1S/C30H24F7N5O2/c1-29(34)12-21-24(13-29)42(41-27(21)30(35,36)37)14-25(43)40-23(9-15-7-17(31)11-18(32)8-15)26-19(3-2-6-39-26)16-4-5-22(33)20(10-16)28(38)44/h2-8,10-11,23H,9,12-14H2,1H3,(H2,38,44)(H,40,43). The van der Waals surface area contributed by atoms with Crippen molar-refractivity contribution in [1.82, 2.24) is 20.1 Å². The first kappa shape index (κ1) is 30.7. The molecule has 1 aliphatic rings. The molecule has 2 aromatic heterocycles. The molecule has 0 radical (unpaired) electrons. The van der Waals surface area contributed by atoms with Crippen molar-refractivity contribution in [1.29, 1.82) is 0 Å². The first-order valence-corrected chi connectivity index (χ1v) is 13.2. The maximum absolute atomic E-state index is 14.7. The van der Waals surface area contributed by atoms with Crippen LogP contribution in [0.2, 0.25) is 0 Å². The molecule has 0 saturated carbocycles. The van der Waals surface area contributed by atoms with Gasteiger partial charge in [0.15, 0.2) is 5.69 Å². The van der Waals surface area contributed by atoms with E-state index < -0.39 is 71.4 Å². The molecule has 0 spiro atoms. The molecule has 0 fully saturated rings. The molecule has 2 unspecified atom stereocenters. The lowest BCUT2D eigenvalue weighted by Gasteiger charge is -2.22. The van der Waals surface area contributed by atoms with E-state index in [0.29, 0.717) is 11.6 Å². The minimum Gasteiger partial charge on any atom is -0.366 e. The third-order valence-corrected chi connectivity index (χ3v) is 7.22. The van der Waals surface area contributed by atoms with E-state index in [9.17, 15) is 40.3 Å². The highest BCUT2D eigenvalue weighted by molar-refractivity contribution is 5.94. The maximum atomic E-state index is 14.7. The summed E-state index contributed by atoms with van der Waals surface area (Å²) in [6.45, 7) is 0.431. The number of nitrogens with zero attached hydrogens (tertiary/aromatic N) is 3. The maximum Gasteiger partial charge on any atom is 0.435 e. The van der Waals surface area contributed by atoms with Gasteiger partial charge in [0.1, 0.15) is 29.7 Å². The smallest absolute Gasteiger partial charge is 0.366 e. The number of amides is 2. The van der Waals surface area contributed by atoms with E-state index in [2.05, 4.69) is 15.4 Å². The second kappa shape index (κ2) is 11.4. The third kappa shape index (κ3) is 6.43. The van der Waals surface area contributed by atoms with Crippen molar-refractivity contribution in [2.24, 2.45) is 5.73 Å². The monoisotopic (exact) mass is 619 g/mol. The van der Waals surface area contributed by atoms with E-state index in [-0.39, 0.29) is 40.9 Å². The lowest BCUT2D eigenvalue weighted by Crippen LogP contribution is -2.34. The van der Waals surface area contributed by atoms with Gasteiger partial charge < -0.3 is 11.1 Å². The summed E-state index contributed by atoms with van der Waals surface area (Å²) in [4.78, 5) is 29.4. The quantitative estimate of drug-likeness (QED) is 0.258. The Morgan fingerprint density at radius 1 is 1.07 bits per heavy atom. The largest absolute Gasteiger partial charge is 0.435 e. The van der Waals surface area contributed by atoms with Crippen LogP contribution in [-0.2, 0) is 36.8 Å². The number of halogens is 7. The number of carbonyl (C=O) groups is 2. The molecule has 5 rings (SSSR count). The Labute approximate surface area is 245 Å². The van der Waals surface area contributed by atoms with Gasteiger partial charge in [-0.25, -0.2) is 17.6 Å². The molecule has 4 aromatic rings. The molecule has 230 valence electrons. The molecule has 2 amide bonds. The van der Waals surface area contributed by atoms with Gasteiger partial charge in [-0.2, -0.15) is 18.3 Å². The van der Waals surface area contributed by atoms with Crippen LogP contribution >= 0.6 is 0 Å². The lowest BCUT2D eigenvalue weighted by atomic mass is 9.94. The molecule has 2 heterocycles. The lowest BCUT2D eigenvalue weighted by molar-refractivity contribution is -0.142. The summed E-state index contributed by atoms with van der Waals surface area (Å²) in [7, 11) is 0. The number of rotatable bonds is 8. The van der Waals surface area contributed by atoms with Gasteiger partial charge in [0.05, 0.1) is 17.3 Å². The van der Waals surface area contributed by atoms with Crippen LogP contribution in [0, 0.1) is 17.5 Å². The van der Waals surface area contributed by atoms with Gasteiger partial charge in [0, 0.05) is 41.9 Å². The van der Waals surface area contributed by atoms with Gasteiger partial charge in [-0.05, 0) is 54.8 Å². The molecular formula is C30H24F7N5O2. The normalized spacial score (nSPS) is 16.9. The summed E-state index contributed by atoms with van der Waals surface area (Å²) in [5.41, 5.74) is 2.05. The van der Waals surface area contributed by atoms with Crippen LogP contribution in [0.15, 0.2) is 54.7 Å². The van der Waals surface area contributed by atoms with Gasteiger partial charge in [0.2, 0.25) is 5.91 Å². The number of nitrogens with one attached hydrogen (secondary N) is 1. The van der Waals surface area contributed by atoms with Crippen molar-refractivity contribution in [3.05, 3.63) is 106 Å². The number of hydrogen-bond acceptors (Lipinski definition) is 4. The number of hydrogen-bond donors (Lipinski definition) is 2. The van der Waals surface area contributed by atoms with E-state index in [1.165, 1.54) is 24.4 Å². The molecular weight excluding hydrogens is 595 g/mol. The van der Waals surface area contributed by atoms with Crippen molar-refractivity contribution in [3.8, 4) is 11.1 Å². The molecule has 2 atom stereocenters. The number of pyridine rings is 1. The van der Waals surface area contributed by atoms with E-state index >= 15 is 0 Å². The van der Waals surface area contributed by atoms with Crippen LogP contribution in [0.25, 0.3) is 11.1 Å². The van der Waals surface area contributed by atoms with Crippen LogP contribution in [0.1, 0.15) is 51.5 Å². The predicted octanol–water partition coefficient (Wildman–Crippen LogP) is 5.41. The molecule has 0 aliphatic heterocycles. The van der Waals surface area contributed by atoms with E-state index in [4.69, 9.17) is 5.73 Å². The van der Waals surface area contributed by atoms with Crippen molar-refractivity contribution in [3.63, 3.8) is 0 Å². The number of primary amides is 1. The highest BCUT2D eigenvalue weighted by Gasteiger charge is 2.46. The van der Waals surface area contributed by atoms with Crippen molar-refractivity contribution in [2.75, 3.05) is 0 Å². The summed E-state index contributed by atoms with van der Waals surface area (Å²) in [6, 6.07) is 8.17. The Balaban J connectivity index is 1.53. The summed E-state index contributed by atoms with van der Waals surface area (Å²) >= 11 is 0. The van der Waals surface area contributed by atoms with Gasteiger partial charge in [0.25, 0.3) is 5.91 Å². The minimum atomic E-state index is -4.88. The summed E-state index contributed by atoms with van der Waals surface area (Å²) in [6.07, 6.45) is -4.66. The number of carbonyl (C=O) groups excluding carboxylic acids is 2. The number of fused-ring (bicyclic) bond motifs is 1. The van der Waals surface area contributed by atoms with Crippen LogP contribution in [0.3, 0.4) is 0 Å². The predicted molar refractivity (Wildman–Crippen MR) is 143 cm³/mol. The fourth-order valence-corrected chi connectivity index (χ4v) is 5.43. The van der Waals surface area contributed by atoms with Crippen molar-refractivity contribution < 1.29 is 40.3 Å². The summed E-state index contributed by atoms with van der Waals surface area (Å²) < 4.78 is 98.9. The Morgan fingerprint density at radius 2 is 1.77 bits per heavy atom.